The molecular weight excluding hydrogens is 218 g/mol. The summed E-state index contributed by atoms with van der Waals surface area (Å²) < 4.78 is 0. The van der Waals surface area contributed by atoms with Gasteiger partial charge >= 0.3 is 0 Å². The minimum atomic E-state index is -0.133. The van der Waals surface area contributed by atoms with Crippen LogP contribution in [0.5, 0.6) is 0 Å². The van der Waals surface area contributed by atoms with Crippen LogP contribution in [0.15, 0.2) is 12.3 Å². The molecule has 1 aliphatic rings. The molecule has 17 heavy (non-hydrogen) atoms. The minimum absolute atomic E-state index is 0.00490. The number of pyridine rings is 1. The van der Waals surface area contributed by atoms with Crippen molar-refractivity contribution in [1.82, 2.24) is 9.88 Å². The normalized spacial score (nSPS) is 19.6. The molecule has 0 aliphatic carbocycles. The molecular formula is C12H17N3O2. The first-order valence-electron chi connectivity index (χ1n) is 5.77. The number of nitrogens with two attached hydrogens (primary N) is 1. The van der Waals surface area contributed by atoms with Gasteiger partial charge in [-0.1, -0.05) is 0 Å². The van der Waals surface area contributed by atoms with Gasteiger partial charge in [0.1, 0.15) is 0 Å². The van der Waals surface area contributed by atoms with Crippen molar-refractivity contribution >= 4 is 11.6 Å². The number of aromatic nitrogens is 1. The number of carbonyl (C=O) groups is 1. The maximum Gasteiger partial charge on any atom is 0.257 e. The third-order valence-electron chi connectivity index (χ3n) is 3.15. The van der Waals surface area contributed by atoms with Crippen LogP contribution in [0.25, 0.3) is 0 Å². The van der Waals surface area contributed by atoms with E-state index in [4.69, 9.17) is 5.73 Å². The van der Waals surface area contributed by atoms with Crippen molar-refractivity contribution < 1.29 is 9.90 Å². The summed E-state index contributed by atoms with van der Waals surface area (Å²) in [6, 6.07) is 1.61. The Morgan fingerprint density at radius 1 is 1.71 bits per heavy atom. The number of amides is 1. The van der Waals surface area contributed by atoms with E-state index in [0.717, 1.165) is 18.5 Å². The zero-order valence-electron chi connectivity index (χ0n) is 9.89. The predicted molar refractivity (Wildman–Crippen MR) is 64.5 cm³/mol. The first kappa shape index (κ1) is 11.9. The van der Waals surface area contributed by atoms with E-state index >= 15 is 0 Å². The van der Waals surface area contributed by atoms with Gasteiger partial charge in [-0.15, -0.1) is 0 Å². The molecule has 3 N–H and O–H groups in total. The number of aliphatic hydroxyl groups excluding tert-OH is 1. The van der Waals surface area contributed by atoms with Crippen LogP contribution in [-0.4, -0.2) is 40.1 Å². The highest BCUT2D eigenvalue weighted by molar-refractivity contribution is 5.99. The average molecular weight is 235 g/mol. The Bertz CT molecular complexity index is 434. The third kappa shape index (κ3) is 2.24. The Morgan fingerprint density at radius 2 is 2.47 bits per heavy atom. The quantitative estimate of drug-likeness (QED) is 0.785. The molecule has 0 radical (unpaired) electrons. The number of aliphatic hydroxyl groups is 1. The van der Waals surface area contributed by atoms with Gasteiger partial charge in [0.15, 0.2) is 0 Å². The minimum Gasteiger partial charge on any atom is -0.398 e. The highest BCUT2D eigenvalue weighted by Crippen LogP contribution is 2.22. The Hall–Kier alpha value is -1.62. The van der Waals surface area contributed by atoms with E-state index in [0.29, 0.717) is 17.8 Å². The Labute approximate surface area is 100 Å². The van der Waals surface area contributed by atoms with Crippen molar-refractivity contribution in [2.24, 2.45) is 0 Å². The molecule has 0 bridgehead atoms. The lowest BCUT2D eigenvalue weighted by Crippen LogP contribution is -2.38. The highest BCUT2D eigenvalue weighted by atomic mass is 16.3. The first-order valence-corrected chi connectivity index (χ1v) is 5.77. The number of hydrogen-bond donors (Lipinski definition) is 2. The second-order valence-electron chi connectivity index (χ2n) is 4.39. The molecule has 1 atom stereocenters. The molecule has 1 saturated heterocycles. The fraction of sp³-hybridized carbons (Fsp3) is 0.500. The van der Waals surface area contributed by atoms with Crippen LogP contribution < -0.4 is 5.73 Å². The van der Waals surface area contributed by atoms with E-state index in [9.17, 15) is 9.90 Å². The molecule has 1 unspecified atom stereocenters. The lowest BCUT2D eigenvalue weighted by molar-refractivity contribution is 0.0678. The summed E-state index contributed by atoms with van der Waals surface area (Å²) in [5.74, 6) is -0.133. The standard InChI is InChI=1S/C12H17N3O2/c1-8-5-11(13)10(6-14-8)12(17)15-4-2-3-9(15)7-16/h5-6,9,16H,2-4,7H2,1H3,(H2,13,14). The Morgan fingerprint density at radius 3 is 3.12 bits per heavy atom. The first-order chi connectivity index (χ1) is 8.13. The van der Waals surface area contributed by atoms with E-state index in [1.54, 1.807) is 11.0 Å². The van der Waals surface area contributed by atoms with Gasteiger partial charge in [0.05, 0.1) is 18.2 Å². The number of aryl methyl sites for hydroxylation is 1. The van der Waals surface area contributed by atoms with Crippen LogP contribution >= 0.6 is 0 Å². The molecule has 92 valence electrons. The number of rotatable bonds is 2. The number of nitrogens with zero attached hydrogens (tertiary/aromatic N) is 2. The summed E-state index contributed by atoms with van der Waals surface area (Å²) in [6.45, 7) is 2.51. The number of carbonyl (C=O) groups excluding carboxylic acids is 1. The van der Waals surface area contributed by atoms with Crippen LogP contribution in [-0.2, 0) is 0 Å². The van der Waals surface area contributed by atoms with Gasteiger partial charge in [-0.05, 0) is 25.8 Å². The van der Waals surface area contributed by atoms with Crippen molar-refractivity contribution in [2.45, 2.75) is 25.8 Å². The number of likely N-dealkylation sites (tertiary alicyclic amines) is 1. The molecule has 5 nitrogen and oxygen atoms in total. The van der Waals surface area contributed by atoms with Gasteiger partial charge in [-0.25, -0.2) is 0 Å². The van der Waals surface area contributed by atoms with Crippen LogP contribution in [0.2, 0.25) is 0 Å². The van der Waals surface area contributed by atoms with Gasteiger partial charge in [-0.3, -0.25) is 9.78 Å². The molecule has 1 aliphatic heterocycles. The van der Waals surface area contributed by atoms with Crippen LogP contribution in [0.3, 0.4) is 0 Å². The summed E-state index contributed by atoms with van der Waals surface area (Å²) in [5, 5.41) is 9.20. The van der Waals surface area contributed by atoms with Gasteiger partial charge in [-0.2, -0.15) is 0 Å². The molecule has 0 saturated carbocycles. The molecule has 1 amide bonds. The topological polar surface area (TPSA) is 79.5 Å². The number of nitrogen functional groups attached to an aromatic ring is 1. The van der Waals surface area contributed by atoms with E-state index in [1.807, 2.05) is 6.92 Å². The summed E-state index contributed by atoms with van der Waals surface area (Å²) >= 11 is 0. The van der Waals surface area contributed by atoms with Crippen molar-refractivity contribution in [3.8, 4) is 0 Å². The van der Waals surface area contributed by atoms with Crippen molar-refractivity contribution in [2.75, 3.05) is 18.9 Å². The van der Waals surface area contributed by atoms with Crippen molar-refractivity contribution in [3.63, 3.8) is 0 Å². The summed E-state index contributed by atoms with van der Waals surface area (Å²) in [7, 11) is 0. The Kier molecular flexibility index (Phi) is 3.28. The average Bonchev–Trinajstić information content (AvgIpc) is 2.76. The van der Waals surface area contributed by atoms with Gasteiger partial charge in [0.25, 0.3) is 5.91 Å². The fourth-order valence-corrected chi connectivity index (χ4v) is 2.21. The molecule has 1 aromatic rings. The molecule has 0 spiro atoms. The molecule has 1 aromatic heterocycles. The highest BCUT2D eigenvalue weighted by Gasteiger charge is 2.29. The van der Waals surface area contributed by atoms with Gasteiger partial charge in [0.2, 0.25) is 0 Å². The summed E-state index contributed by atoms with van der Waals surface area (Å²) in [5.41, 5.74) is 7.49. The van der Waals surface area contributed by atoms with E-state index < -0.39 is 0 Å². The lowest BCUT2D eigenvalue weighted by Gasteiger charge is -2.23. The second-order valence-corrected chi connectivity index (χ2v) is 4.39. The molecule has 1 fully saturated rings. The molecule has 0 aromatic carbocycles. The van der Waals surface area contributed by atoms with E-state index in [-0.39, 0.29) is 18.6 Å². The monoisotopic (exact) mass is 235 g/mol. The van der Waals surface area contributed by atoms with Crippen molar-refractivity contribution in [1.29, 1.82) is 0 Å². The lowest BCUT2D eigenvalue weighted by atomic mass is 10.1. The zero-order chi connectivity index (χ0) is 12.4. The largest absolute Gasteiger partial charge is 0.398 e. The van der Waals surface area contributed by atoms with Crippen LogP contribution in [0.1, 0.15) is 28.9 Å². The SMILES string of the molecule is Cc1cc(N)c(C(=O)N2CCCC2CO)cn1. The molecule has 5 heteroatoms. The van der Waals surface area contributed by atoms with Crippen molar-refractivity contribution in [3.05, 3.63) is 23.5 Å². The maximum atomic E-state index is 12.2. The smallest absolute Gasteiger partial charge is 0.257 e. The van der Waals surface area contributed by atoms with E-state index in [1.165, 1.54) is 6.20 Å². The van der Waals surface area contributed by atoms with Gasteiger partial charge < -0.3 is 15.7 Å². The fourth-order valence-electron chi connectivity index (χ4n) is 2.21. The number of hydrogen-bond acceptors (Lipinski definition) is 4. The van der Waals surface area contributed by atoms with Crippen LogP contribution in [0.4, 0.5) is 5.69 Å². The van der Waals surface area contributed by atoms with E-state index in [2.05, 4.69) is 4.98 Å². The predicted octanol–water partition coefficient (Wildman–Crippen LogP) is 0.569. The third-order valence-corrected chi connectivity index (χ3v) is 3.15. The summed E-state index contributed by atoms with van der Waals surface area (Å²) in [6.07, 6.45) is 3.29. The maximum absolute atomic E-state index is 12.2. The number of anilines is 1. The Balaban J connectivity index is 2.24. The van der Waals surface area contributed by atoms with Crippen LogP contribution in [0, 0.1) is 6.92 Å². The van der Waals surface area contributed by atoms with Gasteiger partial charge in [0, 0.05) is 24.1 Å². The molecule has 2 heterocycles. The second kappa shape index (κ2) is 4.71. The molecule has 2 rings (SSSR count). The summed E-state index contributed by atoms with van der Waals surface area (Å²) in [4.78, 5) is 18.0. The zero-order valence-corrected chi connectivity index (χ0v) is 9.89.